The molecule has 1 atom stereocenters. The second kappa shape index (κ2) is 4.48. The van der Waals surface area contributed by atoms with Crippen molar-refractivity contribution in [3.63, 3.8) is 0 Å². The molecule has 1 spiro atoms. The van der Waals surface area contributed by atoms with Crippen LogP contribution in [0, 0.1) is 23.3 Å². The summed E-state index contributed by atoms with van der Waals surface area (Å²) in [6.07, 6.45) is 0. The van der Waals surface area contributed by atoms with E-state index >= 15 is 0 Å². The zero-order chi connectivity index (χ0) is 16.5. The number of halogens is 4. The fraction of sp³-hybridized carbons (Fsp3) is 0.133. The van der Waals surface area contributed by atoms with Crippen molar-refractivity contribution in [3.05, 3.63) is 58.7 Å². The highest BCUT2D eigenvalue weighted by molar-refractivity contribution is 8.02. The lowest BCUT2D eigenvalue weighted by Crippen LogP contribution is -2.36. The van der Waals surface area contributed by atoms with E-state index in [0.717, 1.165) is 23.9 Å². The van der Waals surface area contributed by atoms with E-state index in [2.05, 4.69) is 5.32 Å². The van der Waals surface area contributed by atoms with E-state index in [1.165, 1.54) is 0 Å². The minimum atomic E-state index is -1.67. The first-order chi connectivity index (χ1) is 10.8. The molecular formula is C15H8F4N2OS. The predicted molar refractivity (Wildman–Crippen MR) is 76.2 cm³/mol. The van der Waals surface area contributed by atoms with Gasteiger partial charge in [-0.15, -0.1) is 0 Å². The number of hydrogen-bond donors (Lipinski definition) is 2. The molecule has 1 aliphatic carbocycles. The summed E-state index contributed by atoms with van der Waals surface area (Å²) < 4.78 is 54.3. The van der Waals surface area contributed by atoms with Crippen molar-refractivity contribution in [1.82, 2.24) is 5.32 Å². The van der Waals surface area contributed by atoms with E-state index in [0.29, 0.717) is 12.1 Å². The van der Waals surface area contributed by atoms with Crippen LogP contribution in [-0.2, 0) is 9.54 Å². The van der Waals surface area contributed by atoms with Crippen LogP contribution >= 0.6 is 11.8 Å². The number of benzene rings is 2. The van der Waals surface area contributed by atoms with Crippen LogP contribution in [0.4, 0.5) is 17.6 Å². The Morgan fingerprint density at radius 3 is 1.83 bits per heavy atom. The van der Waals surface area contributed by atoms with Gasteiger partial charge < -0.3 is 11.1 Å². The largest absolute Gasteiger partial charge is 0.330 e. The molecule has 1 saturated heterocycles. The second-order valence-electron chi connectivity index (χ2n) is 5.31. The lowest BCUT2D eigenvalue weighted by Gasteiger charge is -2.22. The number of nitrogens with two attached hydrogens (primary N) is 1. The van der Waals surface area contributed by atoms with E-state index < -0.39 is 39.4 Å². The molecule has 3 nitrogen and oxygen atoms in total. The van der Waals surface area contributed by atoms with Crippen molar-refractivity contribution < 1.29 is 22.4 Å². The van der Waals surface area contributed by atoms with Crippen molar-refractivity contribution in [3.8, 4) is 11.1 Å². The van der Waals surface area contributed by atoms with E-state index in [9.17, 15) is 22.4 Å². The average molecular weight is 340 g/mol. The zero-order valence-corrected chi connectivity index (χ0v) is 12.1. The zero-order valence-electron chi connectivity index (χ0n) is 11.3. The Kier molecular flexibility index (Phi) is 2.83. The van der Waals surface area contributed by atoms with E-state index in [-0.39, 0.29) is 22.3 Å². The molecule has 1 aliphatic heterocycles. The summed E-state index contributed by atoms with van der Waals surface area (Å²) in [6, 6.07) is 3.12. The first-order valence-corrected chi connectivity index (χ1v) is 7.46. The lowest BCUT2D eigenvalue weighted by molar-refractivity contribution is -0.121. The molecule has 2 aliphatic rings. The summed E-state index contributed by atoms with van der Waals surface area (Å²) >= 11 is 0.854. The Morgan fingerprint density at radius 1 is 0.957 bits per heavy atom. The van der Waals surface area contributed by atoms with Crippen LogP contribution < -0.4 is 11.1 Å². The van der Waals surface area contributed by atoms with Gasteiger partial charge in [0.2, 0.25) is 5.91 Å². The summed E-state index contributed by atoms with van der Waals surface area (Å²) in [7, 11) is 0. The molecule has 1 fully saturated rings. The van der Waals surface area contributed by atoms with Crippen LogP contribution in [0.3, 0.4) is 0 Å². The van der Waals surface area contributed by atoms with Gasteiger partial charge in [0.25, 0.3) is 0 Å². The van der Waals surface area contributed by atoms with E-state index in [1.807, 2.05) is 0 Å². The number of nitrogens with one attached hydrogen (secondary N) is 1. The molecule has 1 unspecified atom stereocenters. The Hall–Kier alpha value is -2.06. The minimum absolute atomic E-state index is 0.0649. The monoisotopic (exact) mass is 340 g/mol. The Balaban J connectivity index is 2.18. The predicted octanol–water partition coefficient (Wildman–Crippen LogP) is 2.57. The highest BCUT2D eigenvalue weighted by atomic mass is 32.2. The molecule has 23 heavy (non-hydrogen) atoms. The third kappa shape index (κ3) is 1.73. The maximum absolute atomic E-state index is 14.3. The molecule has 0 radical (unpaired) electrons. The molecule has 0 aromatic heterocycles. The fourth-order valence-electron chi connectivity index (χ4n) is 3.23. The summed E-state index contributed by atoms with van der Waals surface area (Å²) in [5.74, 6) is -4.52. The Bertz CT molecular complexity index is 829. The van der Waals surface area contributed by atoms with Crippen molar-refractivity contribution in [2.45, 2.75) is 10.2 Å². The quantitative estimate of drug-likeness (QED) is 0.725. The number of hydrogen-bond acceptors (Lipinski definition) is 3. The molecule has 8 heteroatoms. The second-order valence-corrected chi connectivity index (χ2v) is 6.67. The number of fused-ring (bicyclic) bond motifs is 5. The Labute approximate surface area is 131 Å². The summed E-state index contributed by atoms with van der Waals surface area (Å²) in [4.78, 5) is 12.5. The van der Waals surface area contributed by atoms with Gasteiger partial charge in [0.05, 0.1) is 0 Å². The smallest absolute Gasteiger partial charge is 0.247 e. The van der Waals surface area contributed by atoms with Crippen LogP contribution in [-0.4, -0.2) is 11.4 Å². The van der Waals surface area contributed by atoms with Gasteiger partial charge in [0.15, 0.2) is 0 Å². The average Bonchev–Trinajstić information content (AvgIpc) is 2.88. The van der Waals surface area contributed by atoms with Crippen LogP contribution in [0.15, 0.2) is 24.3 Å². The highest BCUT2D eigenvalue weighted by Gasteiger charge is 2.57. The minimum Gasteiger partial charge on any atom is -0.330 e. The molecule has 1 amide bonds. The number of amides is 1. The number of carbonyl (C=O) groups is 1. The molecule has 118 valence electrons. The van der Waals surface area contributed by atoms with Crippen molar-refractivity contribution in [2.24, 2.45) is 5.73 Å². The van der Waals surface area contributed by atoms with Crippen molar-refractivity contribution in [2.75, 3.05) is 0 Å². The van der Waals surface area contributed by atoms with Gasteiger partial charge in [-0.2, -0.15) is 0 Å². The fourth-order valence-corrected chi connectivity index (χ4v) is 4.52. The van der Waals surface area contributed by atoms with Crippen LogP contribution in [0.2, 0.25) is 0 Å². The first kappa shape index (κ1) is 14.5. The summed E-state index contributed by atoms with van der Waals surface area (Å²) in [5.41, 5.74) is 4.23. The van der Waals surface area contributed by atoms with Crippen molar-refractivity contribution in [1.29, 1.82) is 0 Å². The van der Waals surface area contributed by atoms with Gasteiger partial charge in [0, 0.05) is 23.3 Å². The number of rotatable bonds is 0. The van der Waals surface area contributed by atoms with Gasteiger partial charge >= 0.3 is 0 Å². The van der Waals surface area contributed by atoms with Crippen molar-refractivity contribution >= 4 is 17.7 Å². The third-order valence-corrected chi connectivity index (χ3v) is 5.37. The lowest BCUT2D eigenvalue weighted by atomic mass is 9.94. The van der Waals surface area contributed by atoms with Gasteiger partial charge in [-0.1, -0.05) is 11.8 Å². The van der Waals surface area contributed by atoms with Crippen LogP contribution in [0.5, 0.6) is 0 Å². The number of thioether (sulfide) groups is 1. The molecule has 2 aromatic carbocycles. The normalized spacial score (nSPS) is 20.6. The molecule has 0 saturated carbocycles. The molecule has 3 N–H and O–H groups in total. The molecule has 1 heterocycles. The molecule has 2 aromatic rings. The van der Waals surface area contributed by atoms with Crippen LogP contribution in [0.25, 0.3) is 11.1 Å². The van der Waals surface area contributed by atoms with Gasteiger partial charge in [-0.25, -0.2) is 17.6 Å². The van der Waals surface area contributed by atoms with Crippen LogP contribution in [0.1, 0.15) is 11.1 Å². The topological polar surface area (TPSA) is 55.1 Å². The van der Waals surface area contributed by atoms with Gasteiger partial charge in [0.1, 0.15) is 33.5 Å². The van der Waals surface area contributed by atoms with Gasteiger partial charge in [-0.05, 0) is 23.3 Å². The van der Waals surface area contributed by atoms with E-state index in [1.54, 1.807) is 0 Å². The highest BCUT2D eigenvalue weighted by Crippen LogP contribution is 2.59. The number of carbonyl (C=O) groups excluding carboxylic acids is 1. The first-order valence-electron chi connectivity index (χ1n) is 6.58. The maximum atomic E-state index is 14.3. The standard InChI is InChI=1S/C15H8F4N2OS/c16-5-1-7-11(9(18)3-5)12-8(2-6(17)4-10(12)19)15(7)13(22)21-14(20)23-15/h1-4,14H,20H2,(H,21,22). The van der Waals surface area contributed by atoms with E-state index in [4.69, 9.17) is 5.73 Å². The summed E-state index contributed by atoms with van der Waals surface area (Å²) in [5, 5.41) is 2.42. The molecule has 0 bridgehead atoms. The Morgan fingerprint density at radius 2 is 1.43 bits per heavy atom. The third-order valence-electron chi connectivity index (χ3n) is 4.02. The SMILES string of the molecule is NC1NC(=O)C2(S1)c1cc(F)cc(F)c1-c1c(F)cc(F)cc12. The molecule has 4 rings (SSSR count). The summed E-state index contributed by atoms with van der Waals surface area (Å²) in [6.45, 7) is 0. The van der Waals surface area contributed by atoms with Gasteiger partial charge in [-0.3, -0.25) is 4.79 Å². The maximum Gasteiger partial charge on any atom is 0.247 e. The molecular weight excluding hydrogens is 332 g/mol.